The van der Waals surface area contributed by atoms with Crippen LogP contribution in [0.1, 0.15) is 49.3 Å². The number of aromatic nitrogens is 2. The molecule has 1 aromatic heterocycles. The molecule has 9 heteroatoms. The Hall–Kier alpha value is -3.72. The Labute approximate surface area is 204 Å². The minimum Gasteiger partial charge on any atom is -0.496 e. The molecule has 0 fully saturated rings. The number of rotatable bonds is 10. The molecule has 8 nitrogen and oxygen atoms in total. The average Bonchev–Trinajstić information content (AvgIpc) is 2.83. The molecule has 1 heterocycles. The summed E-state index contributed by atoms with van der Waals surface area (Å²) in [5.41, 5.74) is 1.99. The van der Waals surface area contributed by atoms with Crippen molar-refractivity contribution in [3.8, 4) is 5.75 Å². The standard InChI is InChI=1S/C26H31FN4O4/c1-17(2)35-29-18(3)22-14-21(15-24(32)23-13-20(27)11-12-25(23)34-5)28-31(26(22)33)30(4)16-19-9-7-6-8-10-19/h6-14,17,24,32H,15-16H2,1-5H3/b29-18+. The number of aliphatic hydroxyl groups excluding tert-OH is 1. The molecule has 0 amide bonds. The second kappa shape index (κ2) is 11.6. The molecular weight excluding hydrogens is 451 g/mol. The van der Waals surface area contributed by atoms with Gasteiger partial charge in [-0.3, -0.25) is 9.80 Å². The van der Waals surface area contributed by atoms with Crippen molar-refractivity contribution in [1.29, 1.82) is 0 Å². The highest BCUT2D eigenvalue weighted by atomic mass is 19.1. The minimum absolute atomic E-state index is 0.0184. The van der Waals surface area contributed by atoms with Gasteiger partial charge in [0.15, 0.2) is 0 Å². The maximum atomic E-state index is 13.9. The van der Waals surface area contributed by atoms with Crippen LogP contribution in [0.25, 0.3) is 0 Å². The maximum absolute atomic E-state index is 13.9. The van der Waals surface area contributed by atoms with E-state index in [1.165, 1.54) is 30.1 Å². The van der Waals surface area contributed by atoms with Crippen molar-refractivity contribution in [3.63, 3.8) is 0 Å². The monoisotopic (exact) mass is 482 g/mol. The SMILES string of the molecule is COc1ccc(F)cc1C(O)Cc1cc(/C(C)=N/OC(C)C)c(=O)n(N(C)Cc2ccccc2)n1. The van der Waals surface area contributed by atoms with E-state index < -0.39 is 11.9 Å². The molecular formula is C26H31FN4O4. The summed E-state index contributed by atoms with van der Waals surface area (Å²) in [5.74, 6) is -0.133. The van der Waals surface area contributed by atoms with Crippen molar-refractivity contribution < 1.29 is 19.1 Å². The second-order valence-electron chi connectivity index (χ2n) is 8.48. The lowest BCUT2D eigenvalue weighted by atomic mass is 10.0. The van der Waals surface area contributed by atoms with Gasteiger partial charge in [-0.2, -0.15) is 5.10 Å². The third-order valence-corrected chi connectivity index (χ3v) is 5.27. The Morgan fingerprint density at radius 2 is 1.91 bits per heavy atom. The molecule has 0 bridgehead atoms. The maximum Gasteiger partial charge on any atom is 0.295 e. The van der Waals surface area contributed by atoms with Gasteiger partial charge in [0.1, 0.15) is 17.7 Å². The number of ether oxygens (including phenoxy) is 1. The van der Waals surface area contributed by atoms with E-state index >= 15 is 0 Å². The molecule has 35 heavy (non-hydrogen) atoms. The van der Waals surface area contributed by atoms with E-state index in [0.29, 0.717) is 29.3 Å². The number of methoxy groups -OCH3 is 1. The Bertz CT molecular complexity index is 1230. The molecule has 0 radical (unpaired) electrons. The Kier molecular flexibility index (Phi) is 8.59. The Morgan fingerprint density at radius 3 is 2.57 bits per heavy atom. The van der Waals surface area contributed by atoms with Crippen molar-refractivity contribution in [2.24, 2.45) is 5.16 Å². The first-order chi connectivity index (χ1) is 16.7. The van der Waals surface area contributed by atoms with Crippen molar-refractivity contribution >= 4 is 5.71 Å². The molecule has 2 aromatic carbocycles. The van der Waals surface area contributed by atoms with Gasteiger partial charge in [0.05, 0.1) is 36.7 Å². The number of benzene rings is 2. The van der Waals surface area contributed by atoms with Crippen LogP contribution >= 0.6 is 0 Å². The van der Waals surface area contributed by atoms with Crippen LogP contribution in [0.15, 0.2) is 64.5 Å². The van der Waals surface area contributed by atoms with E-state index in [0.717, 1.165) is 5.56 Å². The number of hydrogen-bond acceptors (Lipinski definition) is 7. The van der Waals surface area contributed by atoms with Crippen LogP contribution in [0.5, 0.6) is 5.75 Å². The first-order valence-corrected chi connectivity index (χ1v) is 11.3. The van der Waals surface area contributed by atoms with E-state index in [-0.39, 0.29) is 23.6 Å². The van der Waals surface area contributed by atoms with Crippen molar-refractivity contribution in [1.82, 2.24) is 9.89 Å². The van der Waals surface area contributed by atoms with Gasteiger partial charge in [-0.15, -0.1) is 4.79 Å². The lowest BCUT2D eigenvalue weighted by molar-refractivity contribution is 0.0860. The predicted molar refractivity (Wildman–Crippen MR) is 133 cm³/mol. The molecule has 186 valence electrons. The third kappa shape index (κ3) is 6.66. The van der Waals surface area contributed by atoms with Crippen molar-refractivity contribution in [2.75, 3.05) is 19.2 Å². The summed E-state index contributed by atoms with van der Waals surface area (Å²) in [5, 5.41) is 21.2. The van der Waals surface area contributed by atoms with Gasteiger partial charge in [-0.25, -0.2) is 4.39 Å². The molecule has 3 aromatic rings. The molecule has 0 aliphatic heterocycles. The van der Waals surface area contributed by atoms with Gasteiger partial charge in [0, 0.05) is 19.0 Å². The van der Waals surface area contributed by atoms with Crippen LogP contribution in [0.4, 0.5) is 4.39 Å². The van der Waals surface area contributed by atoms with E-state index in [9.17, 15) is 14.3 Å². The summed E-state index contributed by atoms with van der Waals surface area (Å²) >= 11 is 0. The zero-order valence-electron chi connectivity index (χ0n) is 20.6. The number of aliphatic hydroxyl groups is 1. The first kappa shape index (κ1) is 25.9. The molecule has 0 saturated heterocycles. The van der Waals surface area contributed by atoms with Crippen LogP contribution in [-0.4, -0.2) is 41.0 Å². The second-order valence-corrected chi connectivity index (χ2v) is 8.48. The summed E-state index contributed by atoms with van der Waals surface area (Å²) in [6.07, 6.45) is -1.25. The predicted octanol–water partition coefficient (Wildman–Crippen LogP) is 3.58. The van der Waals surface area contributed by atoms with Crippen molar-refractivity contribution in [3.05, 3.63) is 93.2 Å². The molecule has 0 saturated carbocycles. The fourth-order valence-corrected chi connectivity index (χ4v) is 3.54. The van der Waals surface area contributed by atoms with Crippen LogP contribution in [0, 0.1) is 5.82 Å². The van der Waals surface area contributed by atoms with E-state index in [1.807, 2.05) is 44.2 Å². The quantitative estimate of drug-likeness (QED) is 0.351. The van der Waals surface area contributed by atoms with Crippen LogP contribution in [0.2, 0.25) is 0 Å². The third-order valence-electron chi connectivity index (χ3n) is 5.27. The lowest BCUT2D eigenvalue weighted by Gasteiger charge is -2.22. The van der Waals surface area contributed by atoms with Gasteiger partial charge in [-0.05, 0) is 50.6 Å². The lowest BCUT2D eigenvalue weighted by Crippen LogP contribution is -2.43. The van der Waals surface area contributed by atoms with Crippen LogP contribution in [-0.2, 0) is 17.8 Å². The van der Waals surface area contributed by atoms with Crippen LogP contribution in [0.3, 0.4) is 0 Å². The van der Waals surface area contributed by atoms with Gasteiger partial charge in [0.2, 0.25) is 0 Å². The Morgan fingerprint density at radius 1 is 1.20 bits per heavy atom. The summed E-state index contributed by atoms with van der Waals surface area (Å²) in [6, 6.07) is 15.2. The number of nitrogens with zero attached hydrogens (tertiary/aromatic N) is 4. The van der Waals surface area contributed by atoms with Crippen LogP contribution < -0.4 is 15.3 Å². The highest BCUT2D eigenvalue weighted by Crippen LogP contribution is 2.28. The Balaban J connectivity index is 2.02. The molecule has 1 unspecified atom stereocenters. The number of oxime groups is 1. The molecule has 1 atom stereocenters. The van der Waals surface area contributed by atoms with Gasteiger partial charge >= 0.3 is 0 Å². The summed E-state index contributed by atoms with van der Waals surface area (Å²) in [6.45, 7) is 5.78. The summed E-state index contributed by atoms with van der Waals surface area (Å²) in [4.78, 5) is 19.9. The molecule has 0 aliphatic carbocycles. The highest BCUT2D eigenvalue weighted by Gasteiger charge is 2.20. The number of hydrogen-bond donors (Lipinski definition) is 1. The van der Waals surface area contributed by atoms with Gasteiger partial charge in [0.25, 0.3) is 5.56 Å². The zero-order chi connectivity index (χ0) is 25.5. The zero-order valence-corrected chi connectivity index (χ0v) is 20.6. The molecule has 0 spiro atoms. The van der Waals surface area contributed by atoms with E-state index in [1.54, 1.807) is 25.0 Å². The minimum atomic E-state index is -1.12. The summed E-state index contributed by atoms with van der Waals surface area (Å²) < 4.78 is 19.1. The van der Waals surface area contributed by atoms with E-state index in [4.69, 9.17) is 9.57 Å². The largest absolute Gasteiger partial charge is 0.496 e. The fraction of sp³-hybridized carbons (Fsp3) is 0.346. The molecule has 1 N–H and O–H groups in total. The molecule has 3 rings (SSSR count). The first-order valence-electron chi connectivity index (χ1n) is 11.3. The average molecular weight is 483 g/mol. The highest BCUT2D eigenvalue weighted by molar-refractivity contribution is 5.98. The number of halogens is 1. The molecule has 0 aliphatic rings. The summed E-state index contributed by atoms with van der Waals surface area (Å²) in [7, 11) is 3.20. The van der Waals surface area contributed by atoms with Gasteiger partial charge < -0.3 is 14.7 Å². The van der Waals surface area contributed by atoms with Gasteiger partial charge in [-0.1, -0.05) is 35.5 Å². The van der Waals surface area contributed by atoms with Crippen molar-refractivity contribution in [2.45, 2.75) is 45.9 Å². The topological polar surface area (TPSA) is 89.2 Å². The van der Waals surface area contributed by atoms with E-state index in [2.05, 4.69) is 10.3 Å². The smallest absolute Gasteiger partial charge is 0.295 e. The normalized spacial score (nSPS) is 12.5. The fourth-order valence-electron chi connectivity index (χ4n) is 3.54.